The molecule has 2 aliphatic heterocycles. The third kappa shape index (κ3) is 5.14. The van der Waals surface area contributed by atoms with Gasteiger partial charge in [0.05, 0.1) is 0 Å². The monoisotopic (exact) mass is 447 g/mol. The fourth-order valence-electron chi connectivity index (χ4n) is 5.47. The van der Waals surface area contributed by atoms with Crippen molar-refractivity contribution in [3.8, 4) is 0 Å². The zero-order valence-electron chi connectivity index (χ0n) is 19.4. The van der Waals surface area contributed by atoms with Gasteiger partial charge in [0.25, 0.3) is 0 Å². The van der Waals surface area contributed by atoms with Crippen LogP contribution in [0.3, 0.4) is 0 Å². The van der Waals surface area contributed by atoms with Crippen molar-refractivity contribution in [2.75, 3.05) is 26.2 Å². The summed E-state index contributed by atoms with van der Waals surface area (Å²) in [7, 11) is 0. The summed E-state index contributed by atoms with van der Waals surface area (Å²) >= 11 is 0. The number of carbonyl (C=O) groups excluding carboxylic acids is 1. The molecule has 0 spiro atoms. The summed E-state index contributed by atoms with van der Waals surface area (Å²) in [5.74, 6) is 0.375. The van der Waals surface area contributed by atoms with Crippen LogP contribution >= 0.6 is 0 Å². The lowest BCUT2D eigenvalue weighted by Crippen LogP contribution is -2.42. The molecule has 5 heteroatoms. The van der Waals surface area contributed by atoms with Crippen LogP contribution in [0, 0.1) is 11.7 Å². The van der Waals surface area contributed by atoms with Crippen molar-refractivity contribution >= 4 is 16.8 Å². The smallest absolute Gasteiger partial charge is 0.225 e. The fraction of sp³-hybridized carbons (Fsp3) is 0.464. The van der Waals surface area contributed by atoms with Gasteiger partial charge in [0.1, 0.15) is 5.82 Å². The summed E-state index contributed by atoms with van der Waals surface area (Å²) in [6, 6.07) is 17.6. The number of para-hydroxylation sites is 1. The summed E-state index contributed by atoms with van der Waals surface area (Å²) in [6.07, 6.45) is 6.73. The van der Waals surface area contributed by atoms with E-state index in [2.05, 4.69) is 44.7 Å². The third-order valence-electron chi connectivity index (χ3n) is 7.39. The van der Waals surface area contributed by atoms with Crippen molar-refractivity contribution in [3.05, 3.63) is 71.7 Å². The third-order valence-corrected chi connectivity index (χ3v) is 7.39. The van der Waals surface area contributed by atoms with Crippen LogP contribution in [0.5, 0.6) is 0 Å². The van der Waals surface area contributed by atoms with E-state index in [0.29, 0.717) is 5.91 Å². The van der Waals surface area contributed by atoms with E-state index in [0.717, 1.165) is 70.5 Å². The summed E-state index contributed by atoms with van der Waals surface area (Å²) in [4.78, 5) is 17.7. The zero-order valence-corrected chi connectivity index (χ0v) is 19.4. The summed E-state index contributed by atoms with van der Waals surface area (Å²) in [5.41, 5.74) is 3.58. The molecule has 2 saturated heterocycles. The molecular formula is C28H34FN3O. The lowest BCUT2D eigenvalue weighted by atomic mass is 9.95. The van der Waals surface area contributed by atoms with Gasteiger partial charge in [-0.2, -0.15) is 0 Å². The van der Waals surface area contributed by atoms with Crippen LogP contribution < -0.4 is 0 Å². The summed E-state index contributed by atoms with van der Waals surface area (Å²) in [5, 5.41) is 1.24. The number of piperidine rings is 1. The molecule has 2 fully saturated rings. The molecule has 2 aliphatic rings. The van der Waals surface area contributed by atoms with Crippen molar-refractivity contribution < 1.29 is 9.18 Å². The van der Waals surface area contributed by atoms with Crippen molar-refractivity contribution in [1.82, 2.24) is 14.4 Å². The Morgan fingerprint density at radius 1 is 0.848 bits per heavy atom. The summed E-state index contributed by atoms with van der Waals surface area (Å²) in [6.45, 7) is 5.42. The number of likely N-dealkylation sites (tertiary alicyclic amines) is 2. The van der Waals surface area contributed by atoms with Crippen LogP contribution in [0.25, 0.3) is 10.9 Å². The van der Waals surface area contributed by atoms with Gasteiger partial charge in [-0.1, -0.05) is 43.2 Å². The van der Waals surface area contributed by atoms with Crippen LogP contribution in [-0.2, 0) is 17.9 Å². The Balaban J connectivity index is 1.27. The number of carbonyl (C=O) groups is 1. The maximum absolute atomic E-state index is 13.4. The van der Waals surface area contributed by atoms with Crippen molar-refractivity contribution in [1.29, 1.82) is 0 Å². The van der Waals surface area contributed by atoms with E-state index in [1.54, 1.807) is 0 Å². The molecule has 33 heavy (non-hydrogen) atoms. The molecule has 3 aromatic rings. The van der Waals surface area contributed by atoms with E-state index in [4.69, 9.17) is 0 Å². The highest BCUT2D eigenvalue weighted by Crippen LogP contribution is 2.26. The number of benzene rings is 2. The molecule has 5 rings (SSSR count). The first kappa shape index (κ1) is 22.1. The Labute approximate surface area is 196 Å². The van der Waals surface area contributed by atoms with Crippen LogP contribution in [0.2, 0.25) is 0 Å². The number of hydrogen-bond acceptors (Lipinski definition) is 2. The quantitative estimate of drug-likeness (QED) is 0.521. The first-order valence-electron chi connectivity index (χ1n) is 12.5. The second-order valence-corrected chi connectivity index (χ2v) is 9.70. The van der Waals surface area contributed by atoms with E-state index in [-0.39, 0.29) is 11.7 Å². The maximum atomic E-state index is 13.4. The van der Waals surface area contributed by atoms with Crippen molar-refractivity contribution in [2.45, 2.75) is 51.6 Å². The number of amides is 1. The molecule has 0 saturated carbocycles. The Bertz CT molecular complexity index is 1070. The van der Waals surface area contributed by atoms with Crippen LogP contribution in [-0.4, -0.2) is 46.5 Å². The Morgan fingerprint density at radius 2 is 1.55 bits per heavy atom. The van der Waals surface area contributed by atoms with Crippen molar-refractivity contribution in [2.24, 2.45) is 5.92 Å². The van der Waals surface area contributed by atoms with Gasteiger partial charge >= 0.3 is 0 Å². The van der Waals surface area contributed by atoms with E-state index in [1.807, 2.05) is 12.1 Å². The molecule has 1 aromatic heterocycles. The Morgan fingerprint density at radius 3 is 2.27 bits per heavy atom. The topological polar surface area (TPSA) is 28.5 Å². The highest BCUT2D eigenvalue weighted by molar-refractivity contribution is 5.81. The molecule has 0 radical (unpaired) electrons. The number of aromatic nitrogens is 1. The van der Waals surface area contributed by atoms with Crippen LogP contribution in [0.4, 0.5) is 4.39 Å². The number of nitrogens with zero attached hydrogens (tertiary/aromatic N) is 3. The summed E-state index contributed by atoms with van der Waals surface area (Å²) < 4.78 is 15.8. The Kier molecular flexibility index (Phi) is 6.77. The number of hydrogen-bond donors (Lipinski definition) is 0. The highest BCUT2D eigenvalue weighted by Gasteiger charge is 2.29. The zero-order chi connectivity index (χ0) is 22.6. The molecule has 2 aromatic carbocycles. The minimum absolute atomic E-state index is 0.185. The SMILES string of the molecule is O=C(C1CCN(Cc2cc3ccccc3n2Cc2ccc(F)cc2)CC1)N1CCCCCC1. The van der Waals surface area contributed by atoms with Gasteiger partial charge in [-0.05, 0) is 74.0 Å². The minimum Gasteiger partial charge on any atom is -0.342 e. The van der Waals surface area contributed by atoms with Gasteiger partial charge in [0.15, 0.2) is 0 Å². The van der Waals surface area contributed by atoms with Crippen molar-refractivity contribution in [3.63, 3.8) is 0 Å². The molecule has 0 bridgehead atoms. The van der Waals surface area contributed by atoms with Gasteiger partial charge < -0.3 is 9.47 Å². The molecule has 0 atom stereocenters. The highest BCUT2D eigenvalue weighted by atomic mass is 19.1. The molecular weight excluding hydrogens is 413 g/mol. The van der Waals surface area contributed by atoms with Crippen LogP contribution in [0.15, 0.2) is 54.6 Å². The van der Waals surface area contributed by atoms with E-state index in [1.165, 1.54) is 41.6 Å². The average Bonchev–Trinajstić information content (AvgIpc) is 3.00. The first-order valence-corrected chi connectivity index (χ1v) is 12.5. The fourth-order valence-corrected chi connectivity index (χ4v) is 5.47. The minimum atomic E-state index is -0.200. The van der Waals surface area contributed by atoms with E-state index < -0.39 is 0 Å². The van der Waals surface area contributed by atoms with E-state index >= 15 is 0 Å². The van der Waals surface area contributed by atoms with Gasteiger partial charge in [0.2, 0.25) is 5.91 Å². The second-order valence-electron chi connectivity index (χ2n) is 9.70. The number of halogens is 1. The van der Waals surface area contributed by atoms with E-state index in [9.17, 15) is 9.18 Å². The molecule has 0 N–H and O–H groups in total. The van der Waals surface area contributed by atoms with Gasteiger partial charge in [-0.15, -0.1) is 0 Å². The molecule has 174 valence electrons. The largest absolute Gasteiger partial charge is 0.342 e. The Hall–Kier alpha value is -2.66. The molecule has 0 aliphatic carbocycles. The van der Waals surface area contributed by atoms with Gasteiger partial charge in [0, 0.05) is 43.3 Å². The first-order chi connectivity index (χ1) is 16.2. The molecule has 1 amide bonds. The second kappa shape index (κ2) is 10.1. The molecule has 3 heterocycles. The number of rotatable bonds is 5. The van der Waals surface area contributed by atoms with Crippen LogP contribution in [0.1, 0.15) is 49.8 Å². The lowest BCUT2D eigenvalue weighted by Gasteiger charge is -2.34. The predicted octanol–water partition coefficient (Wildman–Crippen LogP) is 5.44. The maximum Gasteiger partial charge on any atom is 0.225 e. The van der Waals surface area contributed by atoms with Gasteiger partial charge in [-0.25, -0.2) is 4.39 Å². The molecule has 0 unspecified atom stereocenters. The lowest BCUT2D eigenvalue weighted by molar-refractivity contribution is -0.137. The molecule has 4 nitrogen and oxygen atoms in total. The standard InChI is InChI=1S/C28H34FN3O/c29-25-11-9-22(10-12-25)20-32-26(19-24-7-3-4-8-27(24)32)21-30-17-13-23(14-18-30)28(33)31-15-5-1-2-6-16-31/h3-4,7-12,19,23H,1-2,5-6,13-18,20-21H2. The van der Waals surface area contributed by atoms with Gasteiger partial charge in [-0.3, -0.25) is 9.69 Å². The average molecular weight is 448 g/mol. The normalized spacial score (nSPS) is 18.5. The predicted molar refractivity (Wildman–Crippen MR) is 130 cm³/mol. The number of fused-ring (bicyclic) bond motifs is 1.